The quantitative estimate of drug-likeness (QED) is 0.813. The first kappa shape index (κ1) is 18.5. The lowest BCUT2D eigenvalue weighted by Gasteiger charge is -2.16. The molecule has 3 rings (SSSR count). The number of fused-ring (bicyclic) bond motifs is 1. The molecule has 26 heavy (non-hydrogen) atoms. The zero-order chi connectivity index (χ0) is 18.7. The molecule has 2 aromatic rings. The molecule has 0 saturated heterocycles. The average Bonchev–Trinajstić information content (AvgIpc) is 2.62. The van der Waals surface area contributed by atoms with E-state index in [2.05, 4.69) is 9.82 Å². The molecular weight excluding hydrogens is 361 g/mol. The summed E-state index contributed by atoms with van der Waals surface area (Å²) in [6, 6.07) is 4.84. The van der Waals surface area contributed by atoms with E-state index in [9.17, 15) is 17.6 Å². The normalized spacial score (nSPS) is 14.1. The maximum Gasteiger partial charge on any atom is 0.267 e. The first-order valence-corrected chi connectivity index (χ1v) is 9.82. The Labute approximate surface area is 150 Å². The second-order valence-electron chi connectivity index (χ2n) is 6.08. The monoisotopic (exact) mass is 381 g/mol. The third-order valence-corrected chi connectivity index (χ3v) is 5.79. The molecule has 1 N–H and O–H groups in total. The lowest BCUT2D eigenvalue weighted by atomic mass is 9.97. The summed E-state index contributed by atoms with van der Waals surface area (Å²) in [6.45, 7) is 0.0384. The van der Waals surface area contributed by atoms with Crippen molar-refractivity contribution < 1.29 is 17.5 Å². The van der Waals surface area contributed by atoms with E-state index in [4.69, 9.17) is 4.74 Å². The number of aryl methyl sites for hydroxylation is 2. The molecule has 0 amide bonds. The van der Waals surface area contributed by atoms with Crippen molar-refractivity contribution in [1.82, 2.24) is 14.5 Å². The van der Waals surface area contributed by atoms with Gasteiger partial charge in [0.2, 0.25) is 10.0 Å². The van der Waals surface area contributed by atoms with E-state index in [1.165, 1.54) is 17.9 Å². The Bertz CT molecular complexity index is 972. The molecule has 0 unspecified atom stereocenters. The van der Waals surface area contributed by atoms with Crippen LogP contribution < -0.4 is 15.0 Å². The van der Waals surface area contributed by atoms with Crippen LogP contribution in [0.4, 0.5) is 4.39 Å². The van der Waals surface area contributed by atoms with E-state index >= 15 is 0 Å². The summed E-state index contributed by atoms with van der Waals surface area (Å²) >= 11 is 0. The summed E-state index contributed by atoms with van der Waals surface area (Å²) in [5, 5.41) is 4.34. The molecule has 0 radical (unpaired) electrons. The summed E-state index contributed by atoms with van der Waals surface area (Å²) in [5.74, 6) is -0.637. The van der Waals surface area contributed by atoms with Crippen LogP contribution in [0.2, 0.25) is 0 Å². The number of nitrogens with one attached hydrogen (secondary N) is 1. The number of aromatic nitrogens is 2. The molecule has 1 aliphatic carbocycles. The summed E-state index contributed by atoms with van der Waals surface area (Å²) in [7, 11) is -2.68. The molecule has 0 spiro atoms. The predicted molar refractivity (Wildman–Crippen MR) is 93.3 cm³/mol. The summed E-state index contributed by atoms with van der Waals surface area (Å²) in [4.78, 5) is 11.8. The lowest BCUT2D eigenvalue weighted by Crippen LogP contribution is -2.33. The fourth-order valence-corrected chi connectivity index (χ4v) is 4.18. The van der Waals surface area contributed by atoms with Crippen molar-refractivity contribution in [2.75, 3.05) is 13.7 Å². The van der Waals surface area contributed by atoms with Gasteiger partial charge in [-0.3, -0.25) is 4.79 Å². The number of hydrogen-bond donors (Lipinski definition) is 1. The predicted octanol–water partition coefficient (Wildman–Crippen LogP) is 1.25. The van der Waals surface area contributed by atoms with Crippen LogP contribution in [-0.2, 0) is 29.4 Å². The van der Waals surface area contributed by atoms with Crippen molar-refractivity contribution in [2.45, 2.75) is 37.1 Å². The van der Waals surface area contributed by atoms with Gasteiger partial charge in [-0.25, -0.2) is 22.2 Å². The number of nitrogens with zero attached hydrogens (tertiary/aromatic N) is 2. The zero-order valence-electron chi connectivity index (χ0n) is 14.4. The molecule has 9 heteroatoms. The maximum absolute atomic E-state index is 13.4. The maximum atomic E-state index is 13.4. The fourth-order valence-electron chi connectivity index (χ4n) is 2.99. The molecule has 0 fully saturated rings. The third kappa shape index (κ3) is 3.94. The molecule has 1 heterocycles. The average molecular weight is 381 g/mol. The van der Waals surface area contributed by atoms with E-state index in [1.807, 2.05) is 0 Å². The number of benzene rings is 1. The second kappa shape index (κ2) is 7.55. The van der Waals surface area contributed by atoms with Gasteiger partial charge >= 0.3 is 0 Å². The van der Waals surface area contributed by atoms with Gasteiger partial charge < -0.3 is 4.74 Å². The summed E-state index contributed by atoms with van der Waals surface area (Å²) in [6.07, 6.45) is 3.75. The van der Waals surface area contributed by atoms with Crippen molar-refractivity contribution in [3.05, 3.63) is 51.7 Å². The molecule has 140 valence electrons. The Morgan fingerprint density at radius 2 is 2.04 bits per heavy atom. The minimum absolute atomic E-state index is 0.0444. The van der Waals surface area contributed by atoms with Gasteiger partial charge in [-0.15, -0.1) is 0 Å². The van der Waals surface area contributed by atoms with Gasteiger partial charge in [0.25, 0.3) is 5.56 Å². The topological polar surface area (TPSA) is 90.3 Å². The molecule has 1 aromatic carbocycles. The van der Waals surface area contributed by atoms with Gasteiger partial charge in [0.05, 0.1) is 19.3 Å². The molecule has 0 aliphatic heterocycles. The Balaban J connectivity index is 1.74. The van der Waals surface area contributed by atoms with Crippen LogP contribution in [0.5, 0.6) is 5.75 Å². The van der Waals surface area contributed by atoms with Crippen molar-refractivity contribution in [3.63, 3.8) is 0 Å². The largest absolute Gasteiger partial charge is 0.495 e. The number of hydrogen-bond acceptors (Lipinski definition) is 5. The van der Waals surface area contributed by atoms with Crippen LogP contribution in [-0.4, -0.2) is 31.9 Å². The molecular formula is C17H20FN3O4S. The van der Waals surface area contributed by atoms with Gasteiger partial charge in [-0.1, -0.05) is 0 Å². The van der Waals surface area contributed by atoms with Crippen molar-refractivity contribution in [3.8, 4) is 5.75 Å². The van der Waals surface area contributed by atoms with Gasteiger partial charge in [-0.05, 0) is 49.4 Å². The molecule has 0 saturated carbocycles. The van der Waals surface area contributed by atoms with Gasteiger partial charge in [-0.2, -0.15) is 5.10 Å². The number of sulfonamides is 1. The lowest BCUT2D eigenvalue weighted by molar-refractivity contribution is 0.400. The van der Waals surface area contributed by atoms with Crippen molar-refractivity contribution in [2.24, 2.45) is 0 Å². The first-order valence-electron chi connectivity index (χ1n) is 8.34. The number of ether oxygens (including phenoxy) is 1. The zero-order valence-corrected chi connectivity index (χ0v) is 15.2. The SMILES string of the molecule is COc1ccc(F)cc1S(=O)(=O)NCCn1nc2c(cc1=O)CCCC2. The van der Waals surface area contributed by atoms with Crippen molar-refractivity contribution >= 4 is 10.0 Å². The van der Waals surface area contributed by atoms with Crippen molar-refractivity contribution in [1.29, 1.82) is 0 Å². The minimum atomic E-state index is -3.98. The van der Waals surface area contributed by atoms with Gasteiger partial charge in [0, 0.05) is 12.6 Å². The molecule has 7 nitrogen and oxygen atoms in total. The smallest absolute Gasteiger partial charge is 0.267 e. The highest BCUT2D eigenvalue weighted by atomic mass is 32.2. The van der Waals surface area contributed by atoms with E-state index in [0.717, 1.165) is 49.1 Å². The molecule has 0 atom stereocenters. The Morgan fingerprint density at radius 3 is 2.81 bits per heavy atom. The summed E-state index contributed by atoms with van der Waals surface area (Å²) in [5.41, 5.74) is 1.61. The number of methoxy groups -OCH3 is 1. The molecule has 1 aromatic heterocycles. The van der Waals surface area contributed by atoms with Crippen LogP contribution in [0, 0.1) is 5.82 Å². The highest BCUT2D eigenvalue weighted by Crippen LogP contribution is 2.24. The van der Waals surface area contributed by atoms with E-state index in [0.29, 0.717) is 0 Å². The Kier molecular flexibility index (Phi) is 5.38. The number of halogens is 1. The first-order chi connectivity index (χ1) is 12.4. The number of rotatable bonds is 6. The highest BCUT2D eigenvalue weighted by Gasteiger charge is 2.20. The minimum Gasteiger partial charge on any atom is -0.495 e. The standard InChI is InChI=1S/C17H20FN3O4S/c1-25-15-7-6-13(18)11-16(15)26(23,24)19-8-9-21-17(22)10-12-4-2-3-5-14(12)20-21/h6-7,10-11,19H,2-5,8-9H2,1H3. The third-order valence-electron chi connectivity index (χ3n) is 4.30. The molecule has 0 bridgehead atoms. The van der Waals surface area contributed by atoms with Crippen LogP contribution in [0.1, 0.15) is 24.1 Å². The van der Waals surface area contributed by atoms with Crippen LogP contribution in [0.3, 0.4) is 0 Å². The van der Waals surface area contributed by atoms with E-state index < -0.39 is 15.8 Å². The highest BCUT2D eigenvalue weighted by molar-refractivity contribution is 7.89. The molecule has 1 aliphatic rings. The summed E-state index contributed by atoms with van der Waals surface area (Å²) < 4.78 is 46.8. The fraction of sp³-hybridized carbons (Fsp3) is 0.412. The van der Waals surface area contributed by atoms with Crippen LogP contribution >= 0.6 is 0 Å². The van der Waals surface area contributed by atoms with E-state index in [1.54, 1.807) is 6.07 Å². The Morgan fingerprint density at radius 1 is 1.27 bits per heavy atom. The van der Waals surface area contributed by atoms with Gasteiger partial charge in [0.15, 0.2) is 0 Å². The van der Waals surface area contributed by atoms with E-state index in [-0.39, 0.29) is 29.3 Å². The van der Waals surface area contributed by atoms with Gasteiger partial charge in [0.1, 0.15) is 16.5 Å². The Hall–Kier alpha value is -2.26. The van der Waals surface area contributed by atoms with Crippen LogP contribution in [0.25, 0.3) is 0 Å². The second-order valence-corrected chi connectivity index (χ2v) is 7.81. The van der Waals surface area contributed by atoms with Crippen LogP contribution in [0.15, 0.2) is 34.0 Å².